The Hall–Kier alpha value is -0.470. The first-order valence-corrected chi connectivity index (χ1v) is 5.39. The van der Waals surface area contributed by atoms with E-state index in [1.807, 2.05) is 0 Å². The predicted octanol–water partition coefficient (Wildman–Crippen LogP) is -1.94. The molecule has 0 aliphatic carbocycles. The second-order valence-electron chi connectivity index (χ2n) is 1.50. The normalized spacial score (nSPS) is 12.9. The number of carbonyl (C=O) groups excluding carboxylic acids is 1. The highest BCUT2D eigenvalue weighted by Crippen LogP contribution is 1.80. The SMILES string of the molecule is CS(=O)(=O)NS(=O)(=O)C=O. The van der Waals surface area contributed by atoms with Gasteiger partial charge in [-0.1, -0.05) is 0 Å². The molecule has 8 heteroatoms. The Bertz CT molecular complexity index is 310. The van der Waals surface area contributed by atoms with E-state index >= 15 is 0 Å². The summed E-state index contributed by atoms with van der Waals surface area (Å²) in [7, 11) is -8.16. The van der Waals surface area contributed by atoms with Gasteiger partial charge in [0.1, 0.15) is 0 Å². The lowest BCUT2D eigenvalue weighted by Crippen LogP contribution is -2.29. The maximum atomic E-state index is 10.2. The van der Waals surface area contributed by atoms with Gasteiger partial charge in [0.25, 0.3) is 10.0 Å². The first-order chi connectivity index (χ1) is 4.27. The van der Waals surface area contributed by atoms with Crippen LogP contribution in [-0.4, -0.2) is 28.7 Å². The minimum atomic E-state index is -4.30. The lowest BCUT2D eigenvalue weighted by atomic mass is 11.8. The molecule has 0 spiro atoms. The molecule has 0 aliphatic heterocycles. The summed E-state index contributed by atoms with van der Waals surface area (Å²) < 4.78 is 41.7. The number of rotatable bonds is 3. The fourth-order valence-electron chi connectivity index (χ4n) is 0.231. The van der Waals surface area contributed by atoms with Crippen molar-refractivity contribution in [3.8, 4) is 0 Å². The van der Waals surface area contributed by atoms with Crippen LogP contribution in [0.15, 0.2) is 0 Å². The van der Waals surface area contributed by atoms with Crippen molar-refractivity contribution in [1.82, 2.24) is 4.13 Å². The molecule has 0 rings (SSSR count). The Labute approximate surface area is 58.3 Å². The summed E-state index contributed by atoms with van der Waals surface area (Å²) in [6.07, 6.45) is 0.633. The Morgan fingerprint density at radius 2 is 1.60 bits per heavy atom. The Balaban J connectivity index is 4.65. The number of carbonyl (C=O) groups is 1. The molecule has 60 valence electrons. The van der Waals surface area contributed by atoms with Crippen molar-refractivity contribution in [3.05, 3.63) is 0 Å². The third-order valence-corrected chi connectivity index (χ3v) is 2.79. The molecule has 0 bridgehead atoms. The van der Waals surface area contributed by atoms with E-state index in [1.54, 1.807) is 0 Å². The van der Waals surface area contributed by atoms with Crippen LogP contribution in [0.2, 0.25) is 0 Å². The van der Waals surface area contributed by atoms with E-state index in [-0.39, 0.29) is 0 Å². The predicted molar refractivity (Wildman–Crippen MR) is 33.6 cm³/mol. The van der Waals surface area contributed by atoms with E-state index in [9.17, 15) is 21.6 Å². The van der Waals surface area contributed by atoms with Gasteiger partial charge < -0.3 is 0 Å². The van der Waals surface area contributed by atoms with Crippen LogP contribution in [0.25, 0.3) is 0 Å². The van der Waals surface area contributed by atoms with Crippen LogP contribution < -0.4 is 4.13 Å². The zero-order valence-corrected chi connectivity index (χ0v) is 6.57. The summed E-state index contributed by atoms with van der Waals surface area (Å²) in [6.45, 7) is 0. The largest absolute Gasteiger partial charge is 0.284 e. The molecule has 0 aliphatic rings. The lowest BCUT2D eigenvalue weighted by molar-refractivity contribution is 0.553. The van der Waals surface area contributed by atoms with E-state index in [2.05, 4.69) is 0 Å². The van der Waals surface area contributed by atoms with Gasteiger partial charge in [0, 0.05) is 0 Å². The number of nitrogens with one attached hydrogen (secondary N) is 1. The first-order valence-electron chi connectivity index (χ1n) is 1.95. The molecule has 0 saturated heterocycles. The van der Waals surface area contributed by atoms with Gasteiger partial charge in [-0.15, -0.1) is 4.13 Å². The van der Waals surface area contributed by atoms with Gasteiger partial charge in [-0.05, 0) is 0 Å². The summed E-state index contributed by atoms with van der Waals surface area (Å²) in [4.78, 5) is 9.59. The average Bonchev–Trinajstić information content (AvgIpc) is 1.60. The second kappa shape index (κ2) is 2.64. The van der Waals surface area contributed by atoms with Crippen molar-refractivity contribution in [1.29, 1.82) is 0 Å². The molecule has 0 atom stereocenters. The van der Waals surface area contributed by atoms with Crippen molar-refractivity contribution in [2.24, 2.45) is 0 Å². The molecule has 0 aromatic carbocycles. The minimum absolute atomic E-state index is 0.478. The maximum Gasteiger partial charge on any atom is 0.284 e. The van der Waals surface area contributed by atoms with E-state index in [0.29, 0.717) is 6.26 Å². The van der Waals surface area contributed by atoms with Crippen LogP contribution in [0.5, 0.6) is 0 Å². The standard InChI is InChI=1S/C2H5NO5S2/c1-9(5,6)3-10(7,8)2-4/h2-3H,1H3. The first kappa shape index (κ1) is 9.53. The Morgan fingerprint density at radius 1 is 1.20 bits per heavy atom. The van der Waals surface area contributed by atoms with E-state index in [0.717, 1.165) is 4.13 Å². The quantitative estimate of drug-likeness (QED) is 0.518. The van der Waals surface area contributed by atoms with Gasteiger partial charge in [-0.2, -0.15) is 0 Å². The molecule has 1 N–H and O–H groups in total. The van der Waals surface area contributed by atoms with Gasteiger partial charge in [-0.3, -0.25) is 4.79 Å². The topological polar surface area (TPSA) is 97.4 Å². The molecule has 0 fully saturated rings. The number of hydrogen-bond acceptors (Lipinski definition) is 5. The minimum Gasteiger partial charge on any atom is -0.284 e. The van der Waals surface area contributed by atoms with Crippen molar-refractivity contribution in [2.75, 3.05) is 6.26 Å². The van der Waals surface area contributed by atoms with E-state index < -0.39 is 25.7 Å². The summed E-state index contributed by atoms with van der Waals surface area (Å²) in [5.41, 5.74) is -0.478. The van der Waals surface area contributed by atoms with Crippen LogP contribution in [-0.2, 0) is 24.8 Å². The van der Waals surface area contributed by atoms with Gasteiger partial charge in [0.2, 0.25) is 15.6 Å². The molecule has 6 nitrogen and oxygen atoms in total. The van der Waals surface area contributed by atoms with Gasteiger partial charge in [0.15, 0.2) is 0 Å². The summed E-state index contributed by atoms with van der Waals surface area (Å²) in [5, 5.41) is 0. The van der Waals surface area contributed by atoms with Crippen LogP contribution in [0.1, 0.15) is 0 Å². The smallest absolute Gasteiger partial charge is 0.284 e. The molecular formula is C2H5NO5S2. The molecule has 10 heavy (non-hydrogen) atoms. The van der Waals surface area contributed by atoms with Gasteiger partial charge in [0.05, 0.1) is 6.26 Å². The molecule has 0 aromatic rings. The highest BCUT2D eigenvalue weighted by molar-refractivity contribution is 8.11. The Kier molecular flexibility index (Phi) is 2.52. The third kappa shape index (κ3) is 4.41. The summed E-state index contributed by atoms with van der Waals surface area (Å²) in [5.74, 6) is 0. The molecule has 0 aromatic heterocycles. The van der Waals surface area contributed by atoms with Crippen LogP contribution in [0.4, 0.5) is 0 Å². The van der Waals surface area contributed by atoms with Crippen LogP contribution in [0, 0.1) is 0 Å². The van der Waals surface area contributed by atoms with Gasteiger partial charge >= 0.3 is 0 Å². The number of hydrogen-bond donors (Lipinski definition) is 1. The zero-order valence-electron chi connectivity index (χ0n) is 4.94. The highest BCUT2D eigenvalue weighted by atomic mass is 32.3. The van der Waals surface area contributed by atoms with Crippen molar-refractivity contribution in [2.45, 2.75) is 0 Å². The molecule has 0 radical (unpaired) electrons. The van der Waals surface area contributed by atoms with Crippen LogP contribution >= 0.6 is 0 Å². The Morgan fingerprint density at radius 3 is 1.70 bits per heavy atom. The van der Waals surface area contributed by atoms with Crippen molar-refractivity contribution < 1.29 is 21.6 Å². The fourth-order valence-corrected chi connectivity index (χ4v) is 2.08. The van der Waals surface area contributed by atoms with Crippen molar-refractivity contribution >= 4 is 25.7 Å². The zero-order chi connectivity index (χ0) is 8.41. The summed E-state index contributed by atoms with van der Waals surface area (Å²) >= 11 is 0. The van der Waals surface area contributed by atoms with Crippen molar-refractivity contribution in [3.63, 3.8) is 0 Å². The fraction of sp³-hybridized carbons (Fsp3) is 0.500. The lowest BCUT2D eigenvalue weighted by Gasteiger charge is -1.93. The van der Waals surface area contributed by atoms with E-state index in [4.69, 9.17) is 0 Å². The molecule has 0 saturated carbocycles. The number of sulfonamides is 2. The third-order valence-electron chi connectivity index (χ3n) is 0.394. The molecule has 0 unspecified atom stereocenters. The highest BCUT2D eigenvalue weighted by Gasteiger charge is 2.13. The molecule has 0 heterocycles. The monoisotopic (exact) mass is 187 g/mol. The molecule has 0 amide bonds. The summed E-state index contributed by atoms with van der Waals surface area (Å²) in [6, 6.07) is 0. The van der Waals surface area contributed by atoms with Gasteiger partial charge in [-0.25, -0.2) is 16.8 Å². The van der Waals surface area contributed by atoms with Crippen LogP contribution in [0.3, 0.4) is 0 Å². The maximum absolute atomic E-state index is 10.2. The van der Waals surface area contributed by atoms with E-state index in [1.165, 1.54) is 0 Å². The molecular weight excluding hydrogens is 182 g/mol. The second-order valence-corrected chi connectivity index (χ2v) is 4.99. The average molecular weight is 187 g/mol.